The minimum absolute atomic E-state index is 0.0185. The summed E-state index contributed by atoms with van der Waals surface area (Å²) in [6.45, 7) is 3.55. The number of halogens is 1. The lowest BCUT2D eigenvalue weighted by molar-refractivity contribution is -0.150. The maximum atomic E-state index is 12.5. The highest BCUT2D eigenvalue weighted by molar-refractivity contribution is 9.10. The van der Waals surface area contributed by atoms with Gasteiger partial charge in [-0.1, -0.05) is 22.0 Å². The first-order valence-electron chi connectivity index (χ1n) is 9.67. The highest BCUT2D eigenvalue weighted by atomic mass is 79.9. The number of rotatable bonds is 6. The molecule has 1 aromatic carbocycles. The Labute approximate surface area is 174 Å². The van der Waals surface area contributed by atoms with Gasteiger partial charge >= 0.3 is 5.97 Å². The van der Waals surface area contributed by atoms with Gasteiger partial charge in [0, 0.05) is 34.5 Å². The standard InChI is InChI=1S/C22H25BrN2O3/c1-16-4-2-5-20(24-16)6-3-15-28-22(27)18-11-13-25(14-12-18)21(26)17-7-9-19(23)10-8-17/h2,4-5,7-10,18H,3,6,11-15H2,1H3. The molecule has 1 aliphatic rings. The zero-order chi connectivity index (χ0) is 19.9. The van der Waals surface area contributed by atoms with E-state index in [0.717, 1.165) is 28.7 Å². The lowest BCUT2D eigenvalue weighted by Gasteiger charge is -2.31. The van der Waals surface area contributed by atoms with Gasteiger partial charge in [-0.05, 0) is 69.0 Å². The Hall–Kier alpha value is -2.21. The highest BCUT2D eigenvalue weighted by Crippen LogP contribution is 2.21. The fraction of sp³-hybridized carbons (Fsp3) is 0.409. The van der Waals surface area contributed by atoms with Crippen molar-refractivity contribution in [3.8, 4) is 0 Å². The van der Waals surface area contributed by atoms with E-state index in [4.69, 9.17) is 4.74 Å². The van der Waals surface area contributed by atoms with Crippen LogP contribution in [-0.2, 0) is 16.0 Å². The van der Waals surface area contributed by atoms with Crippen LogP contribution >= 0.6 is 15.9 Å². The second kappa shape index (κ2) is 9.82. The zero-order valence-corrected chi connectivity index (χ0v) is 17.7. The van der Waals surface area contributed by atoms with Crippen molar-refractivity contribution < 1.29 is 14.3 Å². The van der Waals surface area contributed by atoms with Gasteiger partial charge in [0.25, 0.3) is 5.91 Å². The van der Waals surface area contributed by atoms with Crippen LogP contribution in [0.25, 0.3) is 0 Å². The molecule has 1 fully saturated rings. The van der Waals surface area contributed by atoms with E-state index >= 15 is 0 Å². The number of likely N-dealkylation sites (tertiary alicyclic amines) is 1. The van der Waals surface area contributed by atoms with Crippen molar-refractivity contribution in [3.05, 3.63) is 63.9 Å². The number of ether oxygens (including phenoxy) is 1. The molecule has 0 spiro atoms. The maximum absolute atomic E-state index is 12.5. The second-order valence-electron chi connectivity index (χ2n) is 7.11. The number of benzene rings is 1. The van der Waals surface area contributed by atoms with Crippen molar-refractivity contribution in [1.82, 2.24) is 9.88 Å². The van der Waals surface area contributed by atoms with Gasteiger partial charge < -0.3 is 9.64 Å². The molecule has 0 bridgehead atoms. The quantitative estimate of drug-likeness (QED) is 0.495. The number of piperidine rings is 1. The summed E-state index contributed by atoms with van der Waals surface area (Å²) < 4.78 is 6.40. The van der Waals surface area contributed by atoms with Gasteiger partial charge in [-0.2, -0.15) is 0 Å². The third-order valence-electron chi connectivity index (χ3n) is 4.97. The molecule has 2 heterocycles. The van der Waals surface area contributed by atoms with Crippen LogP contribution in [0, 0.1) is 12.8 Å². The van der Waals surface area contributed by atoms with Gasteiger partial charge in [0.05, 0.1) is 12.5 Å². The summed E-state index contributed by atoms with van der Waals surface area (Å²) in [7, 11) is 0. The molecule has 1 aliphatic heterocycles. The third kappa shape index (κ3) is 5.64. The van der Waals surface area contributed by atoms with Crippen LogP contribution in [0.2, 0.25) is 0 Å². The van der Waals surface area contributed by atoms with E-state index in [9.17, 15) is 9.59 Å². The molecule has 2 aromatic rings. The van der Waals surface area contributed by atoms with Crippen molar-refractivity contribution in [3.63, 3.8) is 0 Å². The summed E-state index contributed by atoms with van der Waals surface area (Å²) in [6.07, 6.45) is 2.87. The number of aromatic nitrogens is 1. The molecule has 28 heavy (non-hydrogen) atoms. The topological polar surface area (TPSA) is 59.5 Å². The Bertz CT molecular complexity index is 815. The fourth-order valence-corrected chi connectivity index (χ4v) is 3.64. The smallest absolute Gasteiger partial charge is 0.309 e. The van der Waals surface area contributed by atoms with Gasteiger partial charge in [-0.3, -0.25) is 14.6 Å². The van der Waals surface area contributed by atoms with Crippen LogP contribution in [0.5, 0.6) is 0 Å². The number of pyridine rings is 1. The molecular weight excluding hydrogens is 420 g/mol. The number of nitrogens with zero attached hydrogens (tertiary/aromatic N) is 2. The Kier molecular flexibility index (Phi) is 7.20. The van der Waals surface area contributed by atoms with Crippen LogP contribution in [0.4, 0.5) is 0 Å². The minimum atomic E-state index is -0.145. The molecule has 3 rings (SSSR count). The lowest BCUT2D eigenvalue weighted by Crippen LogP contribution is -2.40. The fourth-order valence-electron chi connectivity index (χ4n) is 3.38. The molecular formula is C22H25BrN2O3. The maximum Gasteiger partial charge on any atom is 0.309 e. The average Bonchev–Trinajstić information content (AvgIpc) is 2.71. The van der Waals surface area contributed by atoms with Gasteiger partial charge in [0.2, 0.25) is 0 Å². The average molecular weight is 445 g/mol. The first kappa shape index (κ1) is 20.5. The molecule has 0 radical (unpaired) electrons. The van der Waals surface area contributed by atoms with Gasteiger partial charge in [0.15, 0.2) is 0 Å². The molecule has 5 nitrogen and oxygen atoms in total. The number of esters is 1. The Morgan fingerprint density at radius 1 is 1.14 bits per heavy atom. The van der Waals surface area contributed by atoms with Gasteiger partial charge in [-0.15, -0.1) is 0 Å². The number of amides is 1. The Balaban J connectivity index is 1.38. The number of carbonyl (C=O) groups is 2. The molecule has 0 saturated carbocycles. The van der Waals surface area contributed by atoms with E-state index in [0.29, 0.717) is 38.1 Å². The largest absolute Gasteiger partial charge is 0.465 e. The van der Waals surface area contributed by atoms with Crippen molar-refractivity contribution in [2.75, 3.05) is 19.7 Å². The van der Waals surface area contributed by atoms with E-state index in [2.05, 4.69) is 20.9 Å². The third-order valence-corrected chi connectivity index (χ3v) is 5.50. The molecule has 0 atom stereocenters. The Morgan fingerprint density at radius 3 is 2.54 bits per heavy atom. The molecule has 1 aromatic heterocycles. The second-order valence-corrected chi connectivity index (χ2v) is 8.03. The number of aryl methyl sites for hydroxylation is 2. The normalized spacial score (nSPS) is 14.7. The SMILES string of the molecule is Cc1cccc(CCCOC(=O)C2CCN(C(=O)c3ccc(Br)cc3)CC2)n1. The number of carbonyl (C=O) groups excluding carboxylic acids is 2. The molecule has 0 aliphatic carbocycles. The monoisotopic (exact) mass is 444 g/mol. The van der Waals surface area contributed by atoms with Gasteiger partial charge in [0.1, 0.15) is 0 Å². The van der Waals surface area contributed by atoms with Gasteiger partial charge in [-0.25, -0.2) is 0 Å². The first-order valence-corrected chi connectivity index (χ1v) is 10.5. The minimum Gasteiger partial charge on any atom is -0.465 e. The van der Waals surface area contributed by atoms with Crippen LogP contribution < -0.4 is 0 Å². The highest BCUT2D eigenvalue weighted by Gasteiger charge is 2.28. The van der Waals surface area contributed by atoms with E-state index in [-0.39, 0.29) is 17.8 Å². The summed E-state index contributed by atoms with van der Waals surface area (Å²) in [4.78, 5) is 31.1. The van der Waals surface area contributed by atoms with Crippen molar-refractivity contribution in [2.24, 2.45) is 5.92 Å². The summed E-state index contributed by atoms with van der Waals surface area (Å²) in [5.74, 6) is -0.246. The predicted octanol–water partition coefficient (Wildman–Crippen LogP) is 4.18. The van der Waals surface area contributed by atoms with Crippen LogP contribution in [-0.4, -0.2) is 41.5 Å². The molecule has 1 saturated heterocycles. The van der Waals surface area contributed by atoms with Crippen LogP contribution in [0.15, 0.2) is 46.9 Å². The van der Waals surface area contributed by atoms with E-state index in [1.807, 2.05) is 54.3 Å². The molecule has 1 amide bonds. The van der Waals surface area contributed by atoms with Crippen molar-refractivity contribution >= 4 is 27.8 Å². The van der Waals surface area contributed by atoms with E-state index in [1.165, 1.54) is 0 Å². The molecule has 0 N–H and O–H groups in total. The molecule has 6 heteroatoms. The first-order chi connectivity index (χ1) is 13.5. The van der Waals surface area contributed by atoms with Crippen LogP contribution in [0.1, 0.15) is 41.0 Å². The lowest BCUT2D eigenvalue weighted by atomic mass is 9.96. The van der Waals surface area contributed by atoms with E-state index < -0.39 is 0 Å². The van der Waals surface area contributed by atoms with E-state index in [1.54, 1.807) is 0 Å². The van der Waals surface area contributed by atoms with Crippen LogP contribution in [0.3, 0.4) is 0 Å². The molecule has 0 unspecified atom stereocenters. The number of hydrogen-bond donors (Lipinski definition) is 0. The summed E-state index contributed by atoms with van der Waals surface area (Å²) in [5.41, 5.74) is 2.70. The predicted molar refractivity (Wildman–Crippen MR) is 111 cm³/mol. The summed E-state index contributed by atoms with van der Waals surface area (Å²) >= 11 is 3.38. The number of hydrogen-bond acceptors (Lipinski definition) is 4. The summed E-state index contributed by atoms with van der Waals surface area (Å²) in [5, 5.41) is 0. The molecule has 148 valence electrons. The Morgan fingerprint density at radius 2 is 1.86 bits per heavy atom. The summed E-state index contributed by atoms with van der Waals surface area (Å²) in [6, 6.07) is 13.3. The van der Waals surface area contributed by atoms with Crippen molar-refractivity contribution in [1.29, 1.82) is 0 Å². The van der Waals surface area contributed by atoms with Crippen molar-refractivity contribution in [2.45, 2.75) is 32.6 Å². The zero-order valence-electron chi connectivity index (χ0n) is 16.1.